The molecule has 1 fully saturated rings. The van der Waals surface area contributed by atoms with E-state index in [-0.39, 0.29) is 24.5 Å². The third-order valence-corrected chi connectivity index (χ3v) is 5.36. The number of hydrogen-bond donors (Lipinski definition) is 0. The zero-order valence-electron chi connectivity index (χ0n) is 17.6. The predicted molar refractivity (Wildman–Crippen MR) is 113 cm³/mol. The average Bonchev–Trinajstić information content (AvgIpc) is 3.12. The zero-order valence-corrected chi connectivity index (χ0v) is 17.6. The van der Waals surface area contributed by atoms with Crippen LogP contribution in [-0.4, -0.2) is 34.3 Å². The molecule has 1 aromatic heterocycles. The van der Waals surface area contributed by atoms with Gasteiger partial charge >= 0.3 is 5.97 Å². The van der Waals surface area contributed by atoms with E-state index in [2.05, 4.69) is 5.10 Å². The van der Waals surface area contributed by atoms with E-state index in [0.29, 0.717) is 17.9 Å². The van der Waals surface area contributed by atoms with Crippen molar-refractivity contribution >= 4 is 17.7 Å². The van der Waals surface area contributed by atoms with Gasteiger partial charge < -0.3 is 4.74 Å². The SMILES string of the molecule is CCOC(=O)c1cn(Cc2ccccc2)nc1N(C(=O)C1CCCCC1)C(C)C. The van der Waals surface area contributed by atoms with Gasteiger partial charge in [0.1, 0.15) is 5.56 Å². The summed E-state index contributed by atoms with van der Waals surface area (Å²) in [5.74, 6) is 0.0320. The lowest BCUT2D eigenvalue weighted by atomic mass is 9.88. The number of esters is 1. The predicted octanol–water partition coefficient (Wildman–Crippen LogP) is 4.43. The summed E-state index contributed by atoms with van der Waals surface area (Å²) in [7, 11) is 0. The lowest BCUT2D eigenvalue weighted by Gasteiger charge is -2.31. The third kappa shape index (κ3) is 5.05. The molecular formula is C23H31N3O3. The van der Waals surface area contributed by atoms with Gasteiger partial charge in [-0.25, -0.2) is 4.79 Å². The number of rotatable bonds is 7. The molecule has 1 amide bonds. The quantitative estimate of drug-likeness (QED) is 0.649. The largest absolute Gasteiger partial charge is 0.462 e. The van der Waals surface area contributed by atoms with Gasteiger partial charge in [0.05, 0.1) is 13.2 Å². The van der Waals surface area contributed by atoms with Gasteiger partial charge in [0.2, 0.25) is 5.91 Å². The molecule has 0 unspecified atom stereocenters. The van der Waals surface area contributed by atoms with Gasteiger partial charge in [-0.1, -0.05) is 49.6 Å². The maximum Gasteiger partial charge on any atom is 0.343 e. The highest BCUT2D eigenvalue weighted by Gasteiger charge is 2.33. The number of carbonyl (C=O) groups is 2. The number of aromatic nitrogens is 2. The number of anilines is 1. The molecule has 0 saturated heterocycles. The molecule has 0 aliphatic heterocycles. The molecule has 156 valence electrons. The standard InChI is InChI=1S/C23H31N3O3/c1-4-29-23(28)20-16-25(15-18-11-7-5-8-12-18)24-21(20)26(17(2)3)22(27)19-13-9-6-10-14-19/h5,7-8,11-12,16-17,19H,4,6,9-10,13-15H2,1-3H3. The fourth-order valence-corrected chi connectivity index (χ4v) is 3.94. The monoisotopic (exact) mass is 397 g/mol. The van der Waals surface area contributed by atoms with Crippen LogP contribution in [0, 0.1) is 5.92 Å². The summed E-state index contributed by atoms with van der Waals surface area (Å²) in [4.78, 5) is 27.7. The molecule has 1 aliphatic carbocycles. The summed E-state index contributed by atoms with van der Waals surface area (Å²) < 4.78 is 6.98. The molecule has 0 N–H and O–H groups in total. The van der Waals surface area contributed by atoms with E-state index in [1.165, 1.54) is 6.42 Å². The topological polar surface area (TPSA) is 64.4 Å². The lowest BCUT2D eigenvalue weighted by molar-refractivity contribution is -0.123. The first-order valence-electron chi connectivity index (χ1n) is 10.6. The van der Waals surface area contributed by atoms with Crippen molar-refractivity contribution in [3.63, 3.8) is 0 Å². The van der Waals surface area contributed by atoms with Crippen molar-refractivity contribution in [2.45, 2.75) is 65.5 Å². The van der Waals surface area contributed by atoms with Crippen molar-refractivity contribution in [1.29, 1.82) is 0 Å². The van der Waals surface area contributed by atoms with E-state index in [4.69, 9.17) is 4.74 Å². The van der Waals surface area contributed by atoms with Crippen molar-refractivity contribution < 1.29 is 14.3 Å². The summed E-state index contributed by atoms with van der Waals surface area (Å²) in [5, 5.41) is 4.67. The van der Waals surface area contributed by atoms with Gasteiger partial charge in [-0.2, -0.15) is 5.10 Å². The summed E-state index contributed by atoms with van der Waals surface area (Å²) in [6.45, 7) is 6.51. The Morgan fingerprint density at radius 1 is 1.17 bits per heavy atom. The number of carbonyl (C=O) groups excluding carboxylic acids is 2. The van der Waals surface area contributed by atoms with E-state index in [1.807, 2.05) is 44.2 Å². The molecule has 6 nitrogen and oxygen atoms in total. The second-order valence-corrected chi connectivity index (χ2v) is 7.91. The van der Waals surface area contributed by atoms with Crippen molar-refractivity contribution in [2.24, 2.45) is 5.92 Å². The van der Waals surface area contributed by atoms with Crippen LogP contribution >= 0.6 is 0 Å². The summed E-state index contributed by atoms with van der Waals surface area (Å²) >= 11 is 0. The van der Waals surface area contributed by atoms with Crippen molar-refractivity contribution in [3.05, 3.63) is 47.7 Å². The maximum absolute atomic E-state index is 13.4. The second kappa shape index (κ2) is 9.72. The molecular weight excluding hydrogens is 366 g/mol. The lowest BCUT2D eigenvalue weighted by Crippen LogP contribution is -2.42. The number of benzene rings is 1. The highest BCUT2D eigenvalue weighted by atomic mass is 16.5. The summed E-state index contributed by atoms with van der Waals surface area (Å²) in [6, 6.07) is 9.83. The minimum Gasteiger partial charge on any atom is -0.462 e. The number of hydrogen-bond acceptors (Lipinski definition) is 4. The van der Waals surface area contributed by atoms with Crippen LogP contribution in [0.3, 0.4) is 0 Å². The highest BCUT2D eigenvalue weighted by Crippen LogP contribution is 2.30. The van der Waals surface area contributed by atoms with E-state index < -0.39 is 5.97 Å². The van der Waals surface area contributed by atoms with Crippen LogP contribution in [0.5, 0.6) is 0 Å². The smallest absolute Gasteiger partial charge is 0.343 e. The van der Waals surface area contributed by atoms with Gasteiger partial charge in [0, 0.05) is 18.2 Å². The van der Waals surface area contributed by atoms with Gasteiger partial charge in [-0.05, 0) is 39.2 Å². The molecule has 0 spiro atoms. The molecule has 0 atom stereocenters. The first kappa shape index (κ1) is 21.1. The number of amides is 1. The van der Waals surface area contributed by atoms with E-state index in [9.17, 15) is 9.59 Å². The van der Waals surface area contributed by atoms with Crippen LogP contribution in [0.25, 0.3) is 0 Å². The van der Waals surface area contributed by atoms with Gasteiger partial charge in [0.15, 0.2) is 5.82 Å². The molecule has 1 aromatic carbocycles. The first-order valence-corrected chi connectivity index (χ1v) is 10.6. The molecule has 1 saturated carbocycles. The molecule has 1 aliphatic rings. The van der Waals surface area contributed by atoms with Crippen molar-refractivity contribution in [1.82, 2.24) is 9.78 Å². The molecule has 0 radical (unpaired) electrons. The Balaban J connectivity index is 1.96. The molecule has 2 aromatic rings. The fraction of sp³-hybridized carbons (Fsp3) is 0.522. The normalized spacial score (nSPS) is 14.8. The van der Waals surface area contributed by atoms with Gasteiger partial charge in [-0.3, -0.25) is 14.4 Å². The van der Waals surface area contributed by atoms with Crippen LogP contribution < -0.4 is 4.90 Å². The molecule has 1 heterocycles. The number of ether oxygens (including phenoxy) is 1. The second-order valence-electron chi connectivity index (χ2n) is 7.91. The first-order chi connectivity index (χ1) is 14.0. The Morgan fingerprint density at radius 3 is 2.48 bits per heavy atom. The van der Waals surface area contributed by atoms with Gasteiger partial charge in [0.25, 0.3) is 0 Å². The third-order valence-electron chi connectivity index (χ3n) is 5.36. The van der Waals surface area contributed by atoms with Crippen LogP contribution in [0.1, 0.15) is 68.8 Å². The van der Waals surface area contributed by atoms with Crippen molar-refractivity contribution in [2.75, 3.05) is 11.5 Å². The zero-order chi connectivity index (χ0) is 20.8. The Bertz CT molecular complexity index is 823. The molecule has 0 bridgehead atoms. The highest BCUT2D eigenvalue weighted by molar-refractivity contribution is 6.02. The van der Waals surface area contributed by atoms with Crippen LogP contribution in [0.15, 0.2) is 36.5 Å². The molecule has 6 heteroatoms. The Kier molecular flexibility index (Phi) is 7.07. The Morgan fingerprint density at radius 2 is 1.86 bits per heavy atom. The van der Waals surface area contributed by atoms with Gasteiger partial charge in [-0.15, -0.1) is 0 Å². The minimum absolute atomic E-state index is 0.000434. The number of nitrogens with zero attached hydrogens (tertiary/aromatic N) is 3. The Hall–Kier alpha value is -2.63. The van der Waals surface area contributed by atoms with Crippen LogP contribution in [0.4, 0.5) is 5.82 Å². The van der Waals surface area contributed by atoms with E-state index in [0.717, 1.165) is 31.2 Å². The summed E-state index contributed by atoms with van der Waals surface area (Å²) in [6.07, 6.45) is 6.85. The maximum atomic E-state index is 13.4. The Labute approximate surface area is 172 Å². The van der Waals surface area contributed by atoms with Crippen molar-refractivity contribution in [3.8, 4) is 0 Å². The fourth-order valence-electron chi connectivity index (χ4n) is 3.94. The summed E-state index contributed by atoms with van der Waals surface area (Å²) in [5.41, 5.74) is 1.42. The van der Waals surface area contributed by atoms with E-state index in [1.54, 1.807) is 22.7 Å². The van der Waals surface area contributed by atoms with Crippen LogP contribution in [-0.2, 0) is 16.1 Å². The van der Waals surface area contributed by atoms with Crippen LogP contribution in [0.2, 0.25) is 0 Å². The minimum atomic E-state index is -0.441. The molecule has 3 rings (SSSR count). The average molecular weight is 398 g/mol. The van der Waals surface area contributed by atoms with E-state index >= 15 is 0 Å². The molecule has 29 heavy (non-hydrogen) atoms.